The van der Waals surface area contributed by atoms with E-state index in [2.05, 4.69) is 25.3 Å². The molecule has 4 heteroatoms. The van der Waals surface area contributed by atoms with Gasteiger partial charge in [-0.1, -0.05) is 50.2 Å². The number of nitrogens with one attached hydrogen (secondary N) is 1. The van der Waals surface area contributed by atoms with Gasteiger partial charge < -0.3 is 0 Å². The van der Waals surface area contributed by atoms with E-state index in [-0.39, 0.29) is 18.1 Å². The zero-order valence-corrected chi connectivity index (χ0v) is 15.0. The van der Waals surface area contributed by atoms with E-state index in [0.717, 1.165) is 40.9 Å². The van der Waals surface area contributed by atoms with Crippen molar-refractivity contribution in [2.75, 3.05) is 10.4 Å². The number of amides is 1. The topological polar surface area (TPSA) is 49.4 Å². The summed E-state index contributed by atoms with van der Waals surface area (Å²) >= 11 is 0. The maximum atomic E-state index is 13.1. The summed E-state index contributed by atoms with van der Waals surface area (Å²) in [5.74, 6) is -0.431. The Bertz CT molecular complexity index is 813. The molecular weight excluding hydrogens is 312 g/mol. The predicted molar refractivity (Wildman–Crippen MR) is 101 cm³/mol. The highest BCUT2D eigenvalue weighted by atomic mass is 16.2. The predicted octanol–water partition coefficient (Wildman–Crippen LogP) is 4.25. The second-order valence-electron chi connectivity index (χ2n) is 6.46. The molecule has 0 saturated heterocycles. The zero-order valence-electron chi connectivity index (χ0n) is 15.0. The van der Waals surface area contributed by atoms with Crippen molar-refractivity contribution in [3.8, 4) is 0 Å². The van der Waals surface area contributed by atoms with Crippen LogP contribution in [0.1, 0.15) is 49.8 Å². The molecule has 25 heavy (non-hydrogen) atoms. The van der Waals surface area contributed by atoms with Crippen LogP contribution >= 0.6 is 0 Å². The molecule has 0 bridgehead atoms. The molecule has 2 aromatic carbocycles. The van der Waals surface area contributed by atoms with Gasteiger partial charge in [0.05, 0.1) is 17.3 Å². The minimum Gasteiger partial charge on any atom is -0.300 e. The second kappa shape index (κ2) is 7.09. The fourth-order valence-electron chi connectivity index (χ4n) is 3.50. The van der Waals surface area contributed by atoms with E-state index in [1.54, 1.807) is 11.9 Å². The number of nitrogens with zero attached hydrogens (tertiary/aromatic N) is 1. The lowest BCUT2D eigenvalue weighted by Crippen LogP contribution is -2.35. The molecule has 0 saturated carbocycles. The van der Waals surface area contributed by atoms with Crippen molar-refractivity contribution in [2.45, 2.75) is 46.0 Å². The first kappa shape index (κ1) is 17.2. The molecule has 1 N–H and O–H groups in total. The third-order valence-electron chi connectivity index (χ3n) is 4.77. The van der Waals surface area contributed by atoms with Gasteiger partial charge in [0.25, 0.3) is 5.91 Å². The standard InChI is InChI=1S/C21H24N2O2/c1-4-15-9-6-7-12-19(15)22-23-20-16(5-2)10-8-11-17(20)18(21(23)25)13-14(3)24/h6-12,18,22H,4-5,13H2,1-3H3. The lowest BCUT2D eigenvalue weighted by Gasteiger charge is -2.23. The molecule has 4 nitrogen and oxygen atoms in total. The molecular formula is C21H24N2O2. The van der Waals surface area contributed by atoms with Crippen LogP contribution in [-0.2, 0) is 22.4 Å². The van der Waals surface area contributed by atoms with E-state index in [1.807, 2.05) is 36.4 Å². The monoisotopic (exact) mass is 336 g/mol. The largest absolute Gasteiger partial charge is 0.300 e. The summed E-state index contributed by atoms with van der Waals surface area (Å²) < 4.78 is 0. The Hall–Kier alpha value is -2.62. The number of hydrogen-bond donors (Lipinski definition) is 1. The SMILES string of the molecule is CCc1ccccc1NN1C(=O)C(CC(C)=O)c2cccc(CC)c21. The van der Waals surface area contributed by atoms with Crippen molar-refractivity contribution in [3.05, 3.63) is 59.2 Å². The zero-order chi connectivity index (χ0) is 18.0. The Morgan fingerprint density at radius 2 is 1.72 bits per heavy atom. The molecule has 2 aromatic rings. The number of para-hydroxylation sites is 2. The molecule has 1 unspecified atom stereocenters. The van der Waals surface area contributed by atoms with Gasteiger partial charge in [0, 0.05) is 6.42 Å². The molecule has 1 atom stereocenters. The van der Waals surface area contributed by atoms with Gasteiger partial charge in [0.15, 0.2) is 0 Å². The minimum atomic E-state index is -0.403. The fraction of sp³-hybridized carbons (Fsp3) is 0.333. The number of carbonyl (C=O) groups is 2. The first-order valence-corrected chi connectivity index (χ1v) is 8.86. The molecule has 0 aliphatic carbocycles. The van der Waals surface area contributed by atoms with Gasteiger partial charge in [-0.15, -0.1) is 0 Å². The number of Topliss-reactive ketones (excluding diaryl/α,β-unsaturated/α-hetero) is 1. The molecule has 1 amide bonds. The Kier molecular flexibility index (Phi) is 4.88. The smallest absolute Gasteiger partial charge is 0.253 e. The summed E-state index contributed by atoms with van der Waals surface area (Å²) in [7, 11) is 0. The first-order chi connectivity index (χ1) is 12.1. The van der Waals surface area contributed by atoms with Crippen LogP contribution in [0.25, 0.3) is 0 Å². The van der Waals surface area contributed by atoms with Gasteiger partial charge in [-0.2, -0.15) is 0 Å². The van der Waals surface area contributed by atoms with E-state index < -0.39 is 5.92 Å². The number of aryl methyl sites for hydroxylation is 2. The highest BCUT2D eigenvalue weighted by molar-refractivity contribution is 6.08. The number of benzene rings is 2. The van der Waals surface area contributed by atoms with Gasteiger partial charge in [-0.3, -0.25) is 15.0 Å². The quantitative estimate of drug-likeness (QED) is 0.858. The fourth-order valence-corrected chi connectivity index (χ4v) is 3.50. The van der Waals surface area contributed by atoms with Crippen LogP contribution in [0, 0.1) is 0 Å². The Morgan fingerprint density at radius 3 is 2.40 bits per heavy atom. The Balaban J connectivity index is 2.05. The normalized spacial score (nSPS) is 16.0. The summed E-state index contributed by atoms with van der Waals surface area (Å²) in [6.07, 6.45) is 1.95. The average Bonchev–Trinajstić information content (AvgIpc) is 2.87. The van der Waals surface area contributed by atoms with E-state index in [4.69, 9.17) is 0 Å². The van der Waals surface area contributed by atoms with E-state index in [1.165, 1.54) is 0 Å². The van der Waals surface area contributed by atoms with Crippen LogP contribution in [-0.4, -0.2) is 11.7 Å². The van der Waals surface area contributed by atoms with E-state index in [0.29, 0.717) is 0 Å². The third kappa shape index (κ3) is 3.16. The number of anilines is 2. The Labute approximate surface area is 148 Å². The summed E-state index contributed by atoms with van der Waals surface area (Å²) in [5, 5.41) is 1.65. The molecule has 1 heterocycles. The lowest BCUT2D eigenvalue weighted by atomic mass is 9.94. The van der Waals surface area contributed by atoms with Gasteiger partial charge in [0.1, 0.15) is 5.78 Å². The number of fused-ring (bicyclic) bond motifs is 1. The van der Waals surface area contributed by atoms with Crippen LogP contribution in [0.15, 0.2) is 42.5 Å². The van der Waals surface area contributed by atoms with E-state index >= 15 is 0 Å². The van der Waals surface area contributed by atoms with Crippen molar-refractivity contribution >= 4 is 23.1 Å². The molecule has 3 rings (SSSR count). The maximum Gasteiger partial charge on any atom is 0.253 e. The molecule has 0 radical (unpaired) electrons. The second-order valence-corrected chi connectivity index (χ2v) is 6.46. The minimum absolute atomic E-state index is 0.0296. The molecule has 1 aliphatic rings. The van der Waals surface area contributed by atoms with Crippen molar-refractivity contribution in [1.82, 2.24) is 0 Å². The third-order valence-corrected chi connectivity index (χ3v) is 4.77. The summed E-state index contributed by atoms with van der Waals surface area (Å²) in [6, 6.07) is 14.0. The molecule has 1 aliphatic heterocycles. The van der Waals surface area contributed by atoms with Crippen LogP contribution in [0.2, 0.25) is 0 Å². The first-order valence-electron chi connectivity index (χ1n) is 8.86. The van der Waals surface area contributed by atoms with Crippen LogP contribution in [0.3, 0.4) is 0 Å². The summed E-state index contributed by atoms with van der Waals surface area (Å²) in [4.78, 5) is 24.8. The van der Waals surface area contributed by atoms with Gasteiger partial charge in [-0.05, 0) is 42.5 Å². The van der Waals surface area contributed by atoms with Crippen molar-refractivity contribution in [1.29, 1.82) is 0 Å². The van der Waals surface area contributed by atoms with Crippen molar-refractivity contribution < 1.29 is 9.59 Å². The van der Waals surface area contributed by atoms with Crippen LogP contribution < -0.4 is 10.4 Å². The molecule has 0 fully saturated rings. The van der Waals surface area contributed by atoms with Crippen LogP contribution in [0.4, 0.5) is 11.4 Å². The van der Waals surface area contributed by atoms with Gasteiger partial charge in [-0.25, -0.2) is 5.01 Å². The van der Waals surface area contributed by atoms with E-state index in [9.17, 15) is 9.59 Å². The number of rotatable bonds is 6. The lowest BCUT2D eigenvalue weighted by molar-refractivity contribution is -0.123. The number of hydrogen-bond acceptors (Lipinski definition) is 3. The molecule has 0 aromatic heterocycles. The van der Waals surface area contributed by atoms with Crippen LogP contribution in [0.5, 0.6) is 0 Å². The highest BCUT2D eigenvalue weighted by Gasteiger charge is 2.39. The summed E-state index contributed by atoms with van der Waals surface area (Å²) in [6.45, 7) is 5.71. The van der Waals surface area contributed by atoms with Crippen molar-refractivity contribution in [3.63, 3.8) is 0 Å². The Morgan fingerprint density at radius 1 is 1.04 bits per heavy atom. The molecule has 0 spiro atoms. The summed E-state index contributed by atoms with van der Waals surface area (Å²) in [5.41, 5.74) is 8.36. The van der Waals surface area contributed by atoms with Crippen molar-refractivity contribution in [2.24, 2.45) is 0 Å². The highest BCUT2D eigenvalue weighted by Crippen LogP contribution is 2.42. The number of carbonyl (C=O) groups excluding carboxylic acids is 2. The van der Waals surface area contributed by atoms with Gasteiger partial charge >= 0.3 is 0 Å². The average molecular weight is 336 g/mol. The maximum absolute atomic E-state index is 13.1. The number of ketones is 1. The molecule has 130 valence electrons. The van der Waals surface area contributed by atoms with Gasteiger partial charge in [0.2, 0.25) is 0 Å². The number of hydrazine groups is 1.